The summed E-state index contributed by atoms with van der Waals surface area (Å²) in [6, 6.07) is 15.5. The summed E-state index contributed by atoms with van der Waals surface area (Å²) in [4.78, 5) is 24.6. The number of carboxylic acid groups (broad SMARTS) is 1. The molecular weight excluding hydrogens is 426 g/mol. The number of amides is 1. The van der Waals surface area contributed by atoms with Crippen LogP contribution in [0.1, 0.15) is 21.5 Å². The van der Waals surface area contributed by atoms with E-state index >= 15 is 0 Å². The van der Waals surface area contributed by atoms with Gasteiger partial charge in [-0.3, -0.25) is 4.79 Å². The van der Waals surface area contributed by atoms with Gasteiger partial charge in [0.25, 0.3) is 0 Å². The van der Waals surface area contributed by atoms with E-state index in [1.807, 2.05) is 48.5 Å². The molecule has 1 aliphatic carbocycles. The Bertz CT molecular complexity index is 1000. The Labute approximate surface area is 169 Å². The number of aromatic carboxylic acids is 1. The quantitative estimate of drug-likeness (QED) is 0.582. The van der Waals surface area contributed by atoms with Gasteiger partial charge >= 0.3 is 5.97 Å². The van der Waals surface area contributed by atoms with Crippen LogP contribution in [0.2, 0.25) is 0 Å². The highest BCUT2D eigenvalue weighted by molar-refractivity contribution is 9.10. The Morgan fingerprint density at radius 3 is 2.26 bits per heavy atom. The van der Waals surface area contributed by atoms with Crippen molar-refractivity contribution in [2.45, 2.75) is 12.8 Å². The average Bonchev–Trinajstić information content (AvgIpc) is 3.26. The molecule has 136 valence electrons. The van der Waals surface area contributed by atoms with Crippen LogP contribution in [0.4, 0.5) is 5.00 Å². The minimum absolute atomic E-state index is 0.127. The fourth-order valence-corrected chi connectivity index (χ4v) is 4.69. The SMILES string of the molecule is O=C(O)c1c(-c2ccc(Br)cc2)csc1NC(=O)C1Cc2ccccc2C1. The minimum Gasteiger partial charge on any atom is -0.478 e. The molecular formula is C21H16BrNO3S. The average molecular weight is 442 g/mol. The molecule has 0 saturated heterocycles. The van der Waals surface area contributed by atoms with Crippen LogP contribution in [-0.2, 0) is 17.6 Å². The fraction of sp³-hybridized carbons (Fsp3) is 0.143. The van der Waals surface area contributed by atoms with Gasteiger partial charge in [0.1, 0.15) is 10.6 Å². The highest BCUT2D eigenvalue weighted by Crippen LogP contribution is 2.37. The van der Waals surface area contributed by atoms with Gasteiger partial charge in [0.05, 0.1) is 0 Å². The Kier molecular flexibility index (Phi) is 4.85. The number of hydrogen-bond acceptors (Lipinski definition) is 3. The molecule has 0 aliphatic heterocycles. The lowest BCUT2D eigenvalue weighted by Crippen LogP contribution is -2.23. The number of anilines is 1. The standard InChI is InChI=1S/C21H16BrNO3S/c22-16-7-5-12(6-8-16)17-11-27-20(18(17)21(25)26)23-19(24)15-9-13-3-1-2-4-14(13)10-15/h1-8,11,15H,9-10H2,(H,23,24)(H,25,26). The van der Waals surface area contributed by atoms with Gasteiger partial charge in [0.15, 0.2) is 0 Å². The maximum Gasteiger partial charge on any atom is 0.339 e. The summed E-state index contributed by atoms with van der Waals surface area (Å²) in [6.45, 7) is 0. The Balaban J connectivity index is 1.58. The molecule has 2 aromatic carbocycles. The maximum absolute atomic E-state index is 12.7. The maximum atomic E-state index is 12.7. The molecule has 1 aliphatic rings. The minimum atomic E-state index is -1.04. The normalized spacial score (nSPS) is 13.4. The summed E-state index contributed by atoms with van der Waals surface area (Å²) in [5, 5.41) is 14.8. The van der Waals surface area contributed by atoms with Crippen molar-refractivity contribution >= 4 is 44.1 Å². The van der Waals surface area contributed by atoms with E-state index < -0.39 is 5.97 Å². The second-order valence-corrected chi connectivity index (χ2v) is 8.32. The summed E-state index contributed by atoms with van der Waals surface area (Å²) < 4.78 is 0.924. The lowest BCUT2D eigenvalue weighted by molar-refractivity contribution is -0.119. The van der Waals surface area contributed by atoms with Gasteiger partial charge in [0.2, 0.25) is 5.91 Å². The van der Waals surface area contributed by atoms with Crippen molar-refractivity contribution in [3.63, 3.8) is 0 Å². The number of fused-ring (bicyclic) bond motifs is 1. The molecule has 0 radical (unpaired) electrons. The Hall–Kier alpha value is -2.44. The third kappa shape index (κ3) is 3.55. The molecule has 0 saturated carbocycles. The molecule has 0 bridgehead atoms. The lowest BCUT2D eigenvalue weighted by Gasteiger charge is -2.10. The molecule has 4 rings (SSSR count). The van der Waals surface area contributed by atoms with Crippen LogP contribution in [0, 0.1) is 5.92 Å². The molecule has 0 spiro atoms. The monoisotopic (exact) mass is 441 g/mol. The van der Waals surface area contributed by atoms with Gasteiger partial charge in [-0.2, -0.15) is 0 Å². The van der Waals surface area contributed by atoms with Gasteiger partial charge in [0, 0.05) is 21.3 Å². The number of thiophene rings is 1. The Morgan fingerprint density at radius 1 is 1.04 bits per heavy atom. The number of benzene rings is 2. The molecule has 6 heteroatoms. The van der Waals surface area contributed by atoms with Crippen molar-refractivity contribution < 1.29 is 14.7 Å². The predicted molar refractivity (Wildman–Crippen MR) is 110 cm³/mol. The van der Waals surface area contributed by atoms with Crippen LogP contribution >= 0.6 is 27.3 Å². The van der Waals surface area contributed by atoms with Crippen LogP contribution in [-0.4, -0.2) is 17.0 Å². The zero-order valence-electron chi connectivity index (χ0n) is 14.2. The van der Waals surface area contributed by atoms with Gasteiger partial charge in [-0.05, 0) is 41.7 Å². The van der Waals surface area contributed by atoms with Gasteiger partial charge in [-0.15, -0.1) is 11.3 Å². The zero-order valence-corrected chi connectivity index (χ0v) is 16.6. The van der Waals surface area contributed by atoms with Crippen molar-refractivity contribution in [3.05, 3.63) is 75.1 Å². The molecule has 0 atom stereocenters. The van der Waals surface area contributed by atoms with Gasteiger partial charge < -0.3 is 10.4 Å². The van der Waals surface area contributed by atoms with Crippen molar-refractivity contribution in [3.8, 4) is 11.1 Å². The summed E-state index contributed by atoms with van der Waals surface area (Å²) in [6.07, 6.45) is 1.38. The summed E-state index contributed by atoms with van der Waals surface area (Å²) in [5.41, 5.74) is 3.95. The van der Waals surface area contributed by atoms with Crippen LogP contribution in [0.3, 0.4) is 0 Å². The van der Waals surface area contributed by atoms with Crippen LogP contribution in [0.15, 0.2) is 58.4 Å². The number of halogens is 1. The molecule has 1 aromatic heterocycles. The highest BCUT2D eigenvalue weighted by Gasteiger charge is 2.29. The highest BCUT2D eigenvalue weighted by atomic mass is 79.9. The molecule has 0 fully saturated rings. The third-order valence-corrected chi connectivity index (χ3v) is 6.24. The Morgan fingerprint density at radius 2 is 1.67 bits per heavy atom. The first-order chi connectivity index (χ1) is 13.0. The van der Waals surface area contributed by atoms with Gasteiger partial charge in [-0.25, -0.2) is 4.79 Å². The second-order valence-electron chi connectivity index (χ2n) is 6.53. The number of rotatable bonds is 4. The molecule has 27 heavy (non-hydrogen) atoms. The van der Waals surface area contributed by atoms with E-state index in [0.717, 1.165) is 10.0 Å². The molecule has 1 heterocycles. The summed E-state index contributed by atoms with van der Waals surface area (Å²) >= 11 is 4.63. The van der Waals surface area contributed by atoms with Crippen molar-refractivity contribution in [1.82, 2.24) is 0 Å². The first-order valence-electron chi connectivity index (χ1n) is 8.51. The van der Waals surface area contributed by atoms with Crippen LogP contribution < -0.4 is 5.32 Å². The van der Waals surface area contributed by atoms with Crippen LogP contribution in [0.25, 0.3) is 11.1 Å². The number of carbonyl (C=O) groups is 2. The van der Waals surface area contributed by atoms with Crippen molar-refractivity contribution in [1.29, 1.82) is 0 Å². The lowest BCUT2D eigenvalue weighted by atomic mass is 10.0. The smallest absolute Gasteiger partial charge is 0.339 e. The zero-order chi connectivity index (χ0) is 19.0. The van der Waals surface area contributed by atoms with E-state index in [2.05, 4.69) is 21.2 Å². The first-order valence-corrected chi connectivity index (χ1v) is 10.2. The molecule has 4 nitrogen and oxygen atoms in total. The van der Waals surface area contributed by atoms with E-state index in [1.54, 1.807) is 5.38 Å². The van der Waals surface area contributed by atoms with E-state index in [4.69, 9.17) is 0 Å². The summed E-state index contributed by atoms with van der Waals surface area (Å²) in [5.74, 6) is -1.33. The molecule has 2 N–H and O–H groups in total. The summed E-state index contributed by atoms with van der Waals surface area (Å²) in [7, 11) is 0. The van der Waals surface area contributed by atoms with Crippen molar-refractivity contribution in [2.24, 2.45) is 5.92 Å². The predicted octanol–water partition coefficient (Wildman–Crippen LogP) is 5.23. The van der Waals surface area contributed by atoms with E-state index in [1.165, 1.54) is 22.5 Å². The van der Waals surface area contributed by atoms with E-state index in [0.29, 0.717) is 23.4 Å². The van der Waals surface area contributed by atoms with Crippen molar-refractivity contribution in [2.75, 3.05) is 5.32 Å². The fourth-order valence-electron chi connectivity index (χ4n) is 3.46. The number of carbonyl (C=O) groups excluding carboxylic acids is 1. The largest absolute Gasteiger partial charge is 0.478 e. The second kappa shape index (κ2) is 7.29. The molecule has 1 amide bonds. The number of hydrogen-bond donors (Lipinski definition) is 2. The number of nitrogens with one attached hydrogen (secondary N) is 1. The van der Waals surface area contributed by atoms with E-state index in [-0.39, 0.29) is 17.4 Å². The third-order valence-electron chi connectivity index (χ3n) is 4.82. The molecule has 0 unspecified atom stereocenters. The topological polar surface area (TPSA) is 66.4 Å². The first kappa shape index (κ1) is 17.9. The number of carboxylic acids is 1. The van der Waals surface area contributed by atoms with Gasteiger partial charge in [-0.1, -0.05) is 52.3 Å². The molecule has 3 aromatic rings. The van der Waals surface area contributed by atoms with E-state index in [9.17, 15) is 14.7 Å². The van der Waals surface area contributed by atoms with Crippen LogP contribution in [0.5, 0.6) is 0 Å².